The number of carbonyl (C=O) groups is 1. The Morgan fingerprint density at radius 2 is 1.95 bits per heavy atom. The van der Waals surface area contributed by atoms with Crippen molar-refractivity contribution in [2.24, 2.45) is 5.92 Å². The fraction of sp³-hybridized carbons (Fsp3) is 0.941. The van der Waals surface area contributed by atoms with E-state index in [2.05, 4.69) is 24.5 Å². The van der Waals surface area contributed by atoms with Crippen LogP contribution in [0, 0.1) is 5.92 Å². The van der Waals surface area contributed by atoms with E-state index in [0.717, 1.165) is 0 Å². The van der Waals surface area contributed by atoms with Gasteiger partial charge in [-0.05, 0) is 52.9 Å². The highest BCUT2D eigenvalue weighted by molar-refractivity contribution is 5.67. The summed E-state index contributed by atoms with van der Waals surface area (Å²) in [5.74, 6) is 0.519. The van der Waals surface area contributed by atoms with Gasteiger partial charge in [0, 0.05) is 18.6 Å². The molecule has 3 unspecified atom stereocenters. The highest BCUT2D eigenvalue weighted by atomic mass is 16.6. The Morgan fingerprint density at radius 1 is 1.29 bits per heavy atom. The first-order valence-corrected chi connectivity index (χ1v) is 8.54. The largest absolute Gasteiger partial charge is 0.444 e. The zero-order valence-corrected chi connectivity index (χ0v) is 14.5. The van der Waals surface area contributed by atoms with Gasteiger partial charge < -0.3 is 15.4 Å². The van der Waals surface area contributed by atoms with Gasteiger partial charge in [0.05, 0.1) is 0 Å². The molecule has 0 radical (unpaired) electrons. The third kappa shape index (κ3) is 7.70. The fourth-order valence-electron chi connectivity index (χ4n) is 3.08. The van der Waals surface area contributed by atoms with Crippen molar-refractivity contribution in [2.45, 2.75) is 90.8 Å². The predicted molar refractivity (Wildman–Crippen MR) is 87.5 cm³/mol. The molecule has 3 atom stereocenters. The lowest BCUT2D eigenvalue weighted by molar-refractivity contribution is 0.0510. The lowest BCUT2D eigenvalue weighted by Crippen LogP contribution is -2.47. The fourth-order valence-corrected chi connectivity index (χ4v) is 3.08. The molecule has 1 aliphatic carbocycles. The Balaban J connectivity index is 2.41. The van der Waals surface area contributed by atoms with E-state index in [1.54, 1.807) is 0 Å². The van der Waals surface area contributed by atoms with E-state index in [0.29, 0.717) is 24.5 Å². The molecule has 0 aromatic carbocycles. The Kier molecular flexibility index (Phi) is 7.50. The zero-order chi connectivity index (χ0) is 15.9. The Labute approximate surface area is 130 Å². The number of ether oxygens (including phenoxy) is 1. The lowest BCUT2D eigenvalue weighted by atomic mass is 9.84. The quantitative estimate of drug-likeness (QED) is 0.783. The van der Waals surface area contributed by atoms with Crippen LogP contribution in [0.5, 0.6) is 0 Å². The second kappa shape index (κ2) is 8.62. The van der Waals surface area contributed by atoms with E-state index in [4.69, 9.17) is 4.74 Å². The van der Waals surface area contributed by atoms with Crippen LogP contribution in [0.1, 0.15) is 73.1 Å². The standard InChI is InChI=1S/C17H34N2O2/c1-6-9-13(2)19-15-11-8-7-10-14(15)12-18-16(20)21-17(3,4)5/h13-15,19H,6-12H2,1-5H3,(H,18,20). The molecule has 0 aromatic heterocycles. The maximum Gasteiger partial charge on any atom is 0.407 e. The SMILES string of the molecule is CCCC(C)NC1CCCCC1CNC(=O)OC(C)(C)C. The Hall–Kier alpha value is -0.770. The maximum atomic E-state index is 11.8. The predicted octanol–water partition coefficient (Wildman–Crippen LogP) is 3.85. The summed E-state index contributed by atoms with van der Waals surface area (Å²) in [6.07, 6.45) is 7.08. The molecule has 2 N–H and O–H groups in total. The van der Waals surface area contributed by atoms with Crippen molar-refractivity contribution >= 4 is 6.09 Å². The van der Waals surface area contributed by atoms with Gasteiger partial charge in [-0.25, -0.2) is 4.79 Å². The highest BCUT2D eigenvalue weighted by Crippen LogP contribution is 2.24. The first kappa shape index (κ1) is 18.3. The first-order valence-electron chi connectivity index (χ1n) is 8.54. The van der Waals surface area contributed by atoms with Crippen LogP contribution < -0.4 is 10.6 Å². The molecule has 0 aromatic rings. The first-order chi connectivity index (χ1) is 9.81. The number of nitrogens with one attached hydrogen (secondary N) is 2. The van der Waals surface area contributed by atoms with Gasteiger partial charge in [-0.3, -0.25) is 0 Å². The summed E-state index contributed by atoms with van der Waals surface area (Å²) in [6, 6.07) is 1.08. The molecule has 0 heterocycles. The smallest absolute Gasteiger partial charge is 0.407 e. The average Bonchev–Trinajstić information content (AvgIpc) is 2.36. The van der Waals surface area contributed by atoms with Gasteiger partial charge in [0.1, 0.15) is 5.60 Å². The second-order valence-electron chi connectivity index (χ2n) is 7.39. The van der Waals surface area contributed by atoms with Gasteiger partial charge in [-0.15, -0.1) is 0 Å². The van der Waals surface area contributed by atoms with Crippen molar-refractivity contribution < 1.29 is 9.53 Å². The monoisotopic (exact) mass is 298 g/mol. The summed E-state index contributed by atoms with van der Waals surface area (Å²) in [7, 11) is 0. The third-order valence-electron chi connectivity index (χ3n) is 4.04. The van der Waals surface area contributed by atoms with Gasteiger partial charge in [-0.1, -0.05) is 26.2 Å². The maximum absolute atomic E-state index is 11.8. The summed E-state index contributed by atoms with van der Waals surface area (Å²) in [5, 5.41) is 6.69. The lowest BCUT2D eigenvalue weighted by Gasteiger charge is -2.34. The molecule has 21 heavy (non-hydrogen) atoms. The molecular weight excluding hydrogens is 264 g/mol. The van der Waals surface area contributed by atoms with Gasteiger partial charge in [-0.2, -0.15) is 0 Å². The summed E-state index contributed by atoms with van der Waals surface area (Å²) < 4.78 is 5.31. The molecule has 1 saturated carbocycles. The molecule has 0 bridgehead atoms. The normalized spacial score (nSPS) is 24.4. The van der Waals surface area contributed by atoms with Gasteiger partial charge >= 0.3 is 6.09 Å². The highest BCUT2D eigenvalue weighted by Gasteiger charge is 2.27. The summed E-state index contributed by atoms with van der Waals surface area (Å²) in [5.41, 5.74) is -0.427. The number of amides is 1. The molecule has 0 saturated heterocycles. The van der Waals surface area contributed by atoms with Crippen molar-refractivity contribution in [2.75, 3.05) is 6.54 Å². The topological polar surface area (TPSA) is 50.4 Å². The number of hydrogen-bond donors (Lipinski definition) is 2. The van der Waals surface area contributed by atoms with Crippen LogP contribution in [0.3, 0.4) is 0 Å². The summed E-state index contributed by atoms with van der Waals surface area (Å²) in [4.78, 5) is 11.8. The molecule has 1 amide bonds. The molecule has 0 spiro atoms. The molecule has 4 nitrogen and oxygen atoms in total. The third-order valence-corrected chi connectivity index (χ3v) is 4.04. The molecule has 1 rings (SSSR count). The van der Waals surface area contributed by atoms with Crippen molar-refractivity contribution in [3.8, 4) is 0 Å². The molecule has 1 aliphatic rings. The molecule has 1 fully saturated rings. The van der Waals surface area contributed by atoms with Gasteiger partial charge in [0.25, 0.3) is 0 Å². The number of alkyl carbamates (subject to hydrolysis) is 1. The Bertz CT molecular complexity index is 312. The minimum atomic E-state index is -0.427. The molecule has 0 aliphatic heterocycles. The molecule has 124 valence electrons. The van der Waals surface area contributed by atoms with E-state index >= 15 is 0 Å². The van der Waals surface area contributed by atoms with E-state index in [-0.39, 0.29) is 6.09 Å². The van der Waals surface area contributed by atoms with Crippen molar-refractivity contribution in [3.05, 3.63) is 0 Å². The van der Waals surface area contributed by atoms with Crippen LogP contribution >= 0.6 is 0 Å². The number of carbonyl (C=O) groups excluding carboxylic acids is 1. The van der Waals surface area contributed by atoms with Crippen LogP contribution in [0.2, 0.25) is 0 Å². The summed E-state index contributed by atoms with van der Waals surface area (Å²) >= 11 is 0. The van der Waals surface area contributed by atoms with E-state index in [1.807, 2.05) is 20.8 Å². The minimum Gasteiger partial charge on any atom is -0.444 e. The number of hydrogen-bond acceptors (Lipinski definition) is 3. The van der Waals surface area contributed by atoms with E-state index in [9.17, 15) is 4.79 Å². The van der Waals surface area contributed by atoms with Crippen molar-refractivity contribution in [1.82, 2.24) is 10.6 Å². The Morgan fingerprint density at radius 3 is 2.57 bits per heavy atom. The van der Waals surface area contributed by atoms with Crippen LogP contribution in [-0.2, 0) is 4.74 Å². The molecule has 4 heteroatoms. The van der Waals surface area contributed by atoms with E-state index in [1.165, 1.54) is 38.5 Å². The van der Waals surface area contributed by atoms with Crippen molar-refractivity contribution in [3.63, 3.8) is 0 Å². The van der Waals surface area contributed by atoms with Crippen molar-refractivity contribution in [1.29, 1.82) is 0 Å². The number of rotatable bonds is 6. The van der Waals surface area contributed by atoms with Crippen LogP contribution in [0.15, 0.2) is 0 Å². The summed E-state index contributed by atoms with van der Waals surface area (Å²) in [6.45, 7) is 10.9. The van der Waals surface area contributed by atoms with E-state index < -0.39 is 5.60 Å². The van der Waals surface area contributed by atoms with Crippen LogP contribution in [0.25, 0.3) is 0 Å². The zero-order valence-electron chi connectivity index (χ0n) is 14.5. The van der Waals surface area contributed by atoms with Crippen LogP contribution in [0.4, 0.5) is 4.79 Å². The second-order valence-corrected chi connectivity index (χ2v) is 7.39. The van der Waals surface area contributed by atoms with Gasteiger partial charge in [0.15, 0.2) is 0 Å². The minimum absolute atomic E-state index is 0.298. The van der Waals surface area contributed by atoms with Gasteiger partial charge in [0.2, 0.25) is 0 Å². The van der Waals surface area contributed by atoms with Crippen LogP contribution in [-0.4, -0.2) is 30.3 Å². The molecular formula is C17H34N2O2. The average molecular weight is 298 g/mol.